The Morgan fingerprint density at radius 2 is 2.00 bits per heavy atom. The summed E-state index contributed by atoms with van der Waals surface area (Å²) < 4.78 is 40.0. The van der Waals surface area contributed by atoms with E-state index in [1.807, 2.05) is 31.2 Å². The van der Waals surface area contributed by atoms with Gasteiger partial charge in [0.25, 0.3) is 0 Å². The topological polar surface area (TPSA) is 21.3 Å². The van der Waals surface area contributed by atoms with Crippen LogP contribution in [-0.2, 0) is 4.74 Å². The number of rotatable bonds is 7. The van der Waals surface area contributed by atoms with E-state index in [0.29, 0.717) is 13.0 Å². The predicted octanol–water partition coefficient (Wildman–Crippen LogP) is 4.37. The fourth-order valence-corrected chi connectivity index (χ4v) is 1.78. The Morgan fingerprint density at radius 1 is 1.32 bits per heavy atom. The summed E-state index contributed by atoms with van der Waals surface area (Å²) in [5, 5.41) is 3.03. The molecule has 0 heterocycles. The quantitative estimate of drug-likeness (QED) is 0.596. The number of benzene rings is 1. The summed E-state index contributed by atoms with van der Waals surface area (Å²) in [6.45, 7) is 1.29. The van der Waals surface area contributed by atoms with Crippen LogP contribution < -0.4 is 5.32 Å². The normalized spacial score (nSPS) is 13.3. The molecule has 6 heteroatoms. The molecule has 2 nitrogen and oxygen atoms in total. The largest absolute Gasteiger partial charge is 0.411 e. The molecule has 1 unspecified atom stereocenters. The highest BCUT2D eigenvalue weighted by atomic mass is 35.5. The number of anilines is 1. The van der Waals surface area contributed by atoms with E-state index in [2.05, 4.69) is 10.1 Å². The Hall–Kier alpha value is -0.940. The maximum absolute atomic E-state index is 11.8. The van der Waals surface area contributed by atoms with Crippen molar-refractivity contribution in [3.63, 3.8) is 0 Å². The summed E-state index contributed by atoms with van der Waals surface area (Å²) in [6.07, 6.45) is -3.75. The molecule has 1 N–H and O–H groups in total. The Bertz CT molecular complexity index is 382. The van der Waals surface area contributed by atoms with Crippen molar-refractivity contribution in [3.8, 4) is 0 Å². The summed E-state index contributed by atoms with van der Waals surface area (Å²) in [7, 11) is 0. The number of hydrogen-bond donors (Lipinski definition) is 1. The van der Waals surface area contributed by atoms with Crippen molar-refractivity contribution in [2.24, 2.45) is 0 Å². The summed E-state index contributed by atoms with van der Waals surface area (Å²) in [4.78, 5) is 0. The molecule has 0 aliphatic rings. The molecular weight excluding hydrogens is 279 g/mol. The van der Waals surface area contributed by atoms with Crippen LogP contribution in [-0.4, -0.2) is 25.9 Å². The van der Waals surface area contributed by atoms with Crippen molar-refractivity contribution in [2.45, 2.75) is 24.9 Å². The second-order valence-electron chi connectivity index (χ2n) is 4.15. The van der Waals surface area contributed by atoms with Crippen molar-refractivity contribution in [1.82, 2.24) is 0 Å². The van der Waals surface area contributed by atoms with Crippen LogP contribution >= 0.6 is 11.6 Å². The third-order valence-electron chi connectivity index (χ3n) is 2.44. The van der Waals surface area contributed by atoms with Gasteiger partial charge in [-0.05, 0) is 25.0 Å². The summed E-state index contributed by atoms with van der Waals surface area (Å²) in [6, 6.07) is 7.59. The van der Waals surface area contributed by atoms with E-state index in [1.165, 1.54) is 0 Å². The zero-order valence-corrected chi connectivity index (χ0v) is 11.4. The van der Waals surface area contributed by atoms with Crippen molar-refractivity contribution < 1.29 is 17.9 Å². The van der Waals surface area contributed by atoms with Gasteiger partial charge in [0.05, 0.1) is 5.38 Å². The van der Waals surface area contributed by atoms with Crippen LogP contribution in [0.4, 0.5) is 18.9 Å². The lowest BCUT2D eigenvalue weighted by molar-refractivity contribution is -0.173. The molecule has 0 fully saturated rings. The molecule has 108 valence electrons. The van der Waals surface area contributed by atoms with Gasteiger partial charge in [-0.3, -0.25) is 0 Å². The zero-order valence-electron chi connectivity index (χ0n) is 10.6. The van der Waals surface area contributed by atoms with Crippen molar-refractivity contribution in [3.05, 3.63) is 29.8 Å². The lowest BCUT2D eigenvalue weighted by Crippen LogP contribution is -2.18. The van der Waals surface area contributed by atoms with Crippen LogP contribution in [0, 0.1) is 0 Å². The third-order valence-corrected chi connectivity index (χ3v) is 2.67. The van der Waals surface area contributed by atoms with Gasteiger partial charge in [0.2, 0.25) is 0 Å². The first-order valence-corrected chi connectivity index (χ1v) is 6.45. The molecule has 1 rings (SSSR count). The van der Waals surface area contributed by atoms with Gasteiger partial charge in [-0.25, -0.2) is 0 Å². The molecule has 0 spiro atoms. The molecule has 0 radical (unpaired) electrons. The van der Waals surface area contributed by atoms with Gasteiger partial charge in [0.15, 0.2) is 0 Å². The van der Waals surface area contributed by atoms with E-state index in [0.717, 1.165) is 11.3 Å². The fourth-order valence-electron chi connectivity index (χ4n) is 1.59. The summed E-state index contributed by atoms with van der Waals surface area (Å²) >= 11 is 6.03. The highest BCUT2D eigenvalue weighted by Gasteiger charge is 2.27. The molecule has 1 atom stereocenters. The van der Waals surface area contributed by atoms with Gasteiger partial charge in [0, 0.05) is 18.8 Å². The van der Waals surface area contributed by atoms with E-state index in [-0.39, 0.29) is 12.0 Å². The number of hydrogen-bond acceptors (Lipinski definition) is 2. The first-order chi connectivity index (χ1) is 8.90. The third kappa shape index (κ3) is 6.68. The predicted molar refractivity (Wildman–Crippen MR) is 70.7 cm³/mol. The molecule has 0 amide bonds. The van der Waals surface area contributed by atoms with Crippen LogP contribution in [0.25, 0.3) is 0 Å². The SMILES string of the molecule is CC(Cl)c1ccccc1NCCCOCC(F)(F)F. The van der Waals surface area contributed by atoms with Gasteiger partial charge in [-0.2, -0.15) is 13.2 Å². The van der Waals surface area contributed by atoms with Crippen LogP contribution in [0.1, 0.15) is 24.3 Å². The van der Waals surface area contributed by atoms with Gasteiger partial charge in [0.1, 0.15) is 6.61 Å². The summed E-state index contributed by atoms with van der Waals surface area (Å²) in [5.41, 5.74) is 1.88. The number of halogens is 4. The Labute approximate surface area is 115 Å². The van der Waals surface area contributed by atoms with Crippen LogP contribution in [0.3, 0.4) is 0 Å². The molecular formula is C13H17ClF3NO. The Kier molecular flexibility index (Phi) is 6.45. The van der Waals surface area contributed by atoms with E-state index in [4.69, 9.17) is 11.6 Å². The van der Waals surface area contributed by atoms with E-state index in [9.17, 15) is 13.2 Å². The van der Waals surface area contributed by atoms with Gasteiger partial charge in [-0.1, -0.05) is 18.2 Å². The number of alkyl halides is 4. The monoisotopic (exact) mass is 295 g/mol. The van der Waals surface area contributed by atoms with E-state index >= 15 is 0 Å². The second-order valence-corrected chi connectivity index (χ2v) is 4.81. The van der Waals surface area contributed by atoms with Gasteiger partial charge >= 0.3 is 6.18 Å². The smallest absolute Gasteiger partial charge is 0.385 e. The molecule has 0 aromatic heterocycles. The van der Waals surface area contributed by atoms with Gasteiger partial charge in [-0.15, -0.1) is 11.6 Å². The first kappa shape index (κ1) is 16.1. The minimum absolute atomic E-state index is 0.0745. The zero-order chi connectivity index (χ0) is 14.3. The average molecular weight is 296 g/mol. The highest BCUT2D eigenvalue weighted by Crippen LogP contribution is 2.26. The fraction of sp³-hybridized carbons (Fsp3) is 0.538. The minimum atomic E-state index is -4.26. The molecule has 0 aliphatic carbocycles. The standard InChI is InChI=1S/C13H17ClF3NO/c1-10(14)11-5-2-3-6-12(11)18-7-4-8-19-9-13(15,16)17/h2-3,5-6,10,18H,4,7-9H2,1H3. The van der Waals surface area contributed by atoms with Crippen LogP contribution in [0.5, 0.6) is 0 Å². The number of nitrogens with one attached hydrogen (secondary N) is 1. The lowest BCUT2D eigenvalue weighted by atomic mass is 10.1. The van der Waals surface area contributed by atoms with Crippen LogP contribution in [0.15, 0.2) is 24.3 Å². The maximum atomic E-state index is 11.8. The van der Waals surface area contributed by atoms with E-state index in [1.54, 1.807) is 0 Å². The van der Waals surface area contributed by atoms with Crippen molar-refractivity contribution >= 4 is 17.3 Å². The molecule has 19 heavy (non-hydrogen) atoms. The van der Waals surface area contributed by atoms with Crippen molar-refractivity contribution in [1.29, 1.82) is 0 Å². The van der Waals surface area contributed by atoms with E-state index < -0.39 is 12.8 Å². The molecule has 1 aromatic rings. The molecule has 0 aliphatic heterocycles. The first-order valence-electron chi connectivity index (χ1n) is 6.01. The number of para-hydroxylation sites is 1. The number of ether oxygens (including phenoxy) is 1. The highest BCUT2D eigenvalue weighted by molar-refractivity contribution is 6.21. The van der Waals surface area contributed by atoms with Crippen molar-refractivity contribution in [2.75, 3.05) is 25.1 Å². The molecule has 0 saturated heterocycles. The Morgan fingerprint density at radius 3 is 2.63 bits per heavy atom. The maximum Gasteiger partial charge on any atom is 0.411 e. The average Bonchev–Trinajstić information content (AvgIpc) is 2.32. The molecule has 0 bridgehead atoms. The molecule has 0 saturated carbocycles. The van der Waals surface area contributed by atoms with Gasteiger partial charge < -0.3 is 10.1 Å². The minimum Gasteiger partial charge on any atom is -0.385 e. The van der Waals surface area contributed by atoms with Crippen LogP contribution in [0.2, 0.25) is 0 Å². The Balaban J connectivity index is 2.26. The summed E-state index contributed by atoms with van der Waals surface area (Å²) in [5.74, 6) is 0. The molecule has 1 aromatic carbocycles. The second kappa shape index (κ2) is 7.60. The lowest BCUT2D eigenvalue weighted by Gasteiger charge is -2.13.